The van der Waals surface area contributed by atoms with Crippen LogP contribution in [0.25, 0.3) is 0 Å². The van der Waals surface area contributed by atoms with Crippen LogP contribution in [0.1, 0.15) is 79.1 Å². The van der Waals surface area contributed by atoms with Crippen molar-refractivity contribution >= 4 is 0 Å². The Hall–Kier alpha value is -1.66. The molecule has 8 heterocycles. The van der Waals surface area contributed by atoms with Crippen LogP contribution in [0.5, 0.6) is 0 Å². The summed E-state index contributed by atoms with van der Waals surface area (Å²) in [5.41, 5.74) is -2.54. The maximum Gasteiger partial charge on any atom is 0.449 e. The van der Waals surface area contributed by atoms with Gasteiger partial charge in [-0.3, -0.25) is 4.90 Å². The second-order valence-corrected chi connectivity index (χ2v) is 16.4. The predicted molar refractivity (Wildman–Crippen MR) is 162 cm³/mol. The topological polar surface area (TPSA) is 86.3 Å². The lowest BCUT2D eigenvalue weighted by molar-refractivity contribution is -0.558. The standard InChI is InChI=1S/C35H47F6NO9/c1-18-6-8-24-20(26(34(36,37)38)44-28-32(24)22(18)10-12-30(3,46-28)48-50-32)16-42(5)14-15-43-17-21-25-9-7-19(2)23-11-13-31(4)47-29(33(23,25)51-49-31)45-27(21)35(39,40)41/h18-19,22-25,28-29H,6-17H2,1-5H3/t18-,19-,22?,23?,24+,25+,28-,29-,30-,31+,32-,33-/m1/s1. The smallest absolute Gasteiger partial charge is 0.449 e. The summed E-state index contributed by atoms with van der Waals surface area (Å²) in [4.78, 5) is 25.2. The Morgan fingerprint density at radius 1 is 0.686 bits per heavy atom. The zero-order chi connectivity index (χ0) is 36.4. The normalized spacial score (nSPS) is 46.3. The molecule has 288 valence electrons. The Morgan fingerprint density at radius 2 is 1.16 bits per heavy atom. The van der Waals surface area contributed by atoms with Crippen molar-refractivity contribution in [3.8, 4) is 0 Å². The molecule has 12 atom stereocenters. The number of allylic oxidation sites excluding steroid dienone is 2. The molecule has 8 aliphatic heterocycles. The molecule has 2 aliphatic carbocycles. The van der Waals surface area contributed by atoms with E-state index in [-0.39, 0.29) is 54.5 Å². The van der Waals surface area contributed by atoms with Gasteiger partial charge in [0, 0.05) is 55.2 Å². The second-order valence-electron chi connectivity index (χ2n) is 16.4. The highest BCUT2D eigenvalue weighted by atomic mass is 19.4. The van der Waals surface area contributed by atoms with Crippen molar-refractivity contribution in [3.63, 3.8) is 0 Å². The molecular weight excluding hydrogens is 692 g/mol. The molecule has 0 aromatic carbocycles. The molecule has 8 fully saturated rings. The van der Waals surface area contributed by atoms with Crippen LogP contribution in [0.15, 0.2) is 22.7 Å². The number of alkyl halides is 6. The Bertz CT molecular complexity index is 1460. The summed E-state index contributed by atoms with van der Waals surface area (Å²) in [5, 5.41) is 0. The minimum Gasteiger partial charge on any atom is -0.456 e. The Kier molecular flexibility index (Phi) is 8.67. The number of hydrogen-bond donors (Lipinski definition) is 0. The third kappa shape index (κ3) is 5.67. The van der Waals surface area contributed by atoms with Crippen LogP contribution in [0.3, 0.4) is 0 Å². The maximum absolute atomic E-state index is 14.6. The zero-order valence-corrected chi connectivity index (χ0v) is 29.5. The van der Waals surface area contributed by atoms with Crippen molar-refractivity contribution in [2.45, 2.75) is 127 Å². The number of hydrogen-bond acceptors (Lipinski definition) is 10. The molecule has 6 saturated heterocycles. The van der Waals surface area contributed by atoms with Gasteiger partial charge >= 0.3 is 12.4 Å². The Morgan fingerprint density at radius 3 is 1.65 bits per heavy atom. The number of ether oxygens (including phenoxy) is 5. The summed E-state index contributed by atoms with van der Waals surface area (Å²) >= 11 is 0. The molecule has 10 nitrogen and oxygen atoms in total. The van der Waals surface area contributed by atoms with E-state index in [2.05, 4.69) is 13.8 Å². The number of likely N-dealkylation sites (N-methyl/N-ethyl adjacent to an activating group) is 1. The molecule has 10 rings (SSSR count). The average molecular weight is 740 g/mol. The number of fused-ring (bicyclic) bond motifs is 4. The summed E-state index contributed by atoms with van der Waals surface area (Å²) in [6.07, 6.45) is -7.80. The quantitative estimate of drug-likeness (QED) is 0.154. The molecule has 16 heteroatoms. The Labute approximate surface area is 292 Å². The highest BCUT2D eigenvalue weighted by Gasteiger charge is 2.72. The molecule has 10 aliphatic rings. The number of nitrogens with zero attached hydrogens (tertiary/aromatic N) is 1. The summed E-state index contributed by atoms with van der Waals surface area (Å²) < 4.78 is 117. The minimum absolute atomic E-state index is 0.0425. The third-order valence-electron chi connectivity index (χ3n) is 13.1. The third-order valence-corrected chi connectivity index (χ3v) is 13.1. The fourth-order valence-corrected chi connectivity index (χ4v) is 10.6. The summed E-state index contributed by atoms with van der Waals surface area (Å²) in [7, 11) is 1.64. The van der Waals surface area contributed by atoms with Crippen molar-refractivity contribution in [3.05, 3.63) is 22.7 Å². The van der Waals surface area contributed by atoms with Gasteiger partial charge in [-0.1, -0.05) is 13.8 Å². The maximum atomic E-state index is 14.6. The monoisotopic (exact) mass is 739 g/mol. The van der Waals surface area contributed by atoms with E-state index in [4.69, 9.17) is 43.2 Å². The summed E-state index contributed by atoms with van der Waals surface area (Å²) in [6.45, 7) is 6.94. The van der Waals surface area contributed by atoms with Gasteiger partial charge in [-0.25, -0.2) is 19.6 Å². The van der Waals surface area contributed by atoms with E-state index in [1.807, 2.05) is 0 Å². The molecule has 0 aromatic rings. The van der Waals surface area contributed by atoms with Crippen LogP contribution >= 0.6 is 0 Å². The highest BCUT2D eigenvalue weighted by Crippen LogP contribution is 2.63. The first-order valence-electron chi connectivity index (χ1n) is 18.2. The van der Waals surface area contributed by atoms with Gasteiger partial charge < -0.3 is 23.7 Å². The molecule has 4 bridgehead atoms. The fraction of sp³-hybridized carbons (Fsp3) is 0.886. The summed E-state index contributed by atoms with van der Waals surface area (Å²) in [6, 6.07) is 0. The number of halogens is 6. The molecule has 0 amide bonds. The van der Waals surface area contributed by atoms with Crippen molar-refractivity contribution in [2.24, 2.45) is 35.5 Å². The largest absolute Gasteiger partial charge is 0.456 e. The first kappa shape index (κ1) is 36.3. The van der Waals surface area contributed by atoms with Crippen LogP contribution < -0.4 is 0 Å². The van der Waals surface area contributed by atoms with Gasteiger partial charge in [0.2, 0.25) is 35.7 Å². The van der Waals surface area contributed by atoms with E-state index < -0.39 is 77.7 Å². The van der Waals surface area contributed by atoms with Gasteiger partial charge in [-0.05, 0) is 76.8 Å². The van der Waals surface area contributed by atoms with Gasteiger partial charge in [0.15, 0.2) is 11.2 Å². The van der Waals surface area contributed by atoms with E-state index >= 15 is 0 Å². The van der Waals surface area contributed by atoms with Gasteiger partial charge in [-0.2, -0.15) is 26.3 Å². The van der Waals surface area contributed by atoms with E-state index in [1.54, 1.807) is 25.8 Å². The first-order chi connectivity index (χ1) is 23.9. The van der Waals surface area contributed by atoms with Crippen molar-refractivity contribution in [1.29, 1.82) is 0 Å². The average Bonchev–Trinajstić information content (AvgIpc) is 3.42. The van der Waals surface area contributed by atoms with Crippen LogP contribution in [0.4, 0.5) is 26.3 Å². The molecule has 0 aromatic heterocycles. The molecule has 2 spiro atoms. The van der Waals surface area contributed by atoms with Gasteiger partial charge in [0.1, 0.15) is 0 Å². The first-order valence-corrected chi connectivity index (χ1v) is 18.2. The van der Waals surface area contributed by atoms with Crippen LogP contribution in [-0.4, -0.2) is 86.0 Å². The van der Waals surface area contributed by atoms with Crippen LogP contribution in [0, 0.1) is 35.5 Å². The molecular formula is C35H47F6NO9. The van der Waals surface area contributed by atoms with E-state index in [0.29, 0.717) is 51.4 Å². The summed E-state index contributed by atoms with van der Waals surface area (Å²) in [5.74, 6) is -6.12. The SMILES string of the molecule is C[C@@H]1CC[C@H]2C(CN(C)CCOCC3=C(C(F)(F)F)O[C@@H]4O[C@]5(C)CCC6[C@H](C)CC[C@@H]3[C@]64OO5)=C(C(F)(F)F)O[C@@H]3O[C@@]4(C)CCC1[C@]32OO4. The van der Waals surface area contributed by atoms with E-state index in [0.717, 1.165) is 0 Å². The van der Waals surface area contributed by atoms with E-state index in [1.165, 1.54) is 0 Å². The molecule has 0 radical (unpaired) electrons. The van der Waals surface area contributed by atoms with Crippen LogP contribution in [-0.2, 0) is 43.2 Å². The van der Waals surface area contributed by atoms with E-state index in [9.17, 15) is 26.3 Å². The molecule has 2 saturated carbocycles. The molecule has 51 heavy (non-hydrogen) atoms. The lowest BCUT2D eigenvalue weighted by Gasteiger charge is -2.57. The number of rotatable bonds is 7. The molecule has 2 unspecified atom stereocenters. The van der Waals surface area contributed by atoms with Crippen molar-refractivity contribution in [2.75, 3.05) is 33.4 Å². The lowest BCUT2D eigenvalue weighted by Crippen LogP contribution is -2.67. The van der Waals surface area contributed by atoms with Gasteiger partial charge in [0.25, 0.3) is 0 Å². The Balaban J connectivity index is 1.01. The van der Waals surface area contributed by atoms with Crippen molar-refractivity contribution in [1.82, 2.24) is 4.90 Å². The fourth-order valence-electron chi connectivity index (χ4n) is 10.6. The highest BCUT2D eigenvalue weighted by molar-refractivity contribution is 5.30. The van der Waals surface area contributed by atoms with Crippen molar-refractivity contribution < 1.29 is 69.6 Å². The molecule has 0 N–H and O–H groups in total. The minimum atomic E-state index is -4.82. The van der Waals surface area contributed by atoms with Gasteiger partial charge in [-0.15, -0.1) is 0 Å². The predicted octanol–water partition coefficient (Wildman–Crippen LogP) is 7.06. The second kappa shape index (κ2) is 12.2. The lowest BCUT2D eigenvalue weighted by atomic mass is 9.59. The zero-order valence-electron chi connectivity index (χ0n) is 29.5. The van der Waals surface area contributed by atoms with Gasteiger partial charge in [0.05, 0.1) is 13.2 Å². The van der Waals surface area contributed by atoms with Crippen LogP contribution in [0.2, 0.25) is 0 Å².